The summed E-state index contributed by atoms with van der Waals surface area (Å²) in [7, 11) is 0. The molecule has 11 heteroatoms. The van der Waals surface area contributed by atoms with Crippen LogP contribution in [0.2, 0.25) is 0 Å². The highest BCUT2D eigenvalue weighted by molar-refractivity contribution is 5.69. The van der Waals surface area contributed by atoms with Crippen LogP contribution >= 0.6 is 0 Å². The zero-order valence-corrected chi connectivity index (χ0v) is 25.5. The number of hydrogen-bond donors (Lipinski definition) is 0. The molecule has 8 atom stereocenters. The lowest BCUT2D eigenvalue weighted by Gasteiger charge is -2.59. The van der Waals surface area contributed by atoms with E-state index in [9.17, 15) is 24.0 Å². The van der Waals surface area contributed by atoms with Gasteiger partial charge in [-0.15, -0.1) is 0 Å². The number of fused-ring (bicyclic) bond motifs is 3. The average molecular weight is 581 g/mol. The molecule has 0 aromatic carbocycles. The van der Waals surface area contributed by atoms with Gasteiger partial charge in [0.25, 0.3) is 0 Å². The van der Waals surface area contributed by atoms with Gasteiger partial charge in [0.1, 0.15) is 18.3 Å². The van der Waals surface area contributed by atoms with Crippen molar-refractivity contribution in [2.75, 3.05) is 0 Å². The first-order valence-corrected chi connectivity index (χ1v) is 13.7. The van der Waals surface area contributed by atoms with Crippen molar-refractivity contribution in [3.8, 4) is 0 Å². The smallest absolute Gasteiger partial charge is 0.303 e. The van der Waals surface area contributed by atoms with Crippen LogP contribution in [-0.2, 0) is 47.7 Å². The Morgan fingerprint density at radius 3 is 1.68 bits per heavy atom. The Bertz CT molecular complexity index is 1140. The van der Waals surface area contributed by atoms with E-state index in [1.807, 2.05) is 27.7 Å². The maximum absolute atomic E-state index is 12.7. The van der Waals surface area contributed by atoms with Crippen LogP contribution in [0, 0.1) is 22.7 Å². The van der Waals surface area contributed by atoms with Crippen molar-refractivity contribution in [3.63, 3.8) is 0 Å². The first-order chi connectivity index (χ1) is 18.4. The molecule has 3 rings (SSSR count). The summed E-state index contributed by atoms with van der Waals surface area (Å²) in [4.78, 5) is 61.8. The van der Waals surface area contributed by atoms with E-state index in [1.54, 1.807) is 0 Å². The molecule has 0 aliphatic heterocycles. The summed E-state index contributed by atoms with van der Waals surface area (Å²) >= 11 is 0. The van der Waals surface area contributed by atoms with Gasteiger partial charge in [-0.25, -0.2) is 0 Å². The second-order valence-electron chi connectivity index (χ2n) is 12.1. The number of ether oxygens (including phenoxy) is 5. The van der Waals surface area contributed by atoms with E-state index in [1.165, 1.54) is 34.6 Å². The maximum atomic E-state index is 12.7. The second kappa shape index (κ2) is 12.3. The molecule has 2 fully saturated rings. The lowest BCUT2D eigenvalue weighted by Crippen LogP contribution is -2.64. The van der Waals surface area contributed by atoms with Crippen molar-refractivity contribution in [2.45, 2.75) is 112 Å². The van der Waals surface area contributed by atoms with Gasteiger partial charge in [0.05, 0.1) is 5.41 Å². The van der Waals surface area contributed by atoms with Crippen LogP contribution in [0.4, 0.5) is 0 Å². The number of carbonyl (C=O) groups is 5. The summed E-state index contributed by atoms with van der Waals surface area (Å²) in [6.07, 6.45) is -3.36. The van der Waals surface area contributed by atoms with Crippen molar-refractivity contribution in [1.82, 2.24) is 0 Å². The highest BCUT2D eigenvalue weighted by Crippen LogP contribution is 2.61. The van der Waals surface area contributed by atoms with Crippen molar-refractivity contribution in [1.29, 1.82) is 0 Å². The third-order valence-electron chi connectivity index (χ3n) is 9.06. The van der Waals surface area contributed by atoms with Gasteiger partial charge in [-0.05, 0) is 53.7 Å². The fourth-order valence-electron chi connectivity index (χ4n) is 7.31. The fourth-order valence-corrected chi connectivity index (χ4v) is 7.31. The molecular formula is C30H44O11. The molecule has 0 unspecified atom stereocenters. The van der Waals surface area contributed by atoms with Gasteiger partial charge in [-0.2, -0.15) is 0 Å². The van der Waals surface area contributed by atoms with Crippen LogP contribution in [0.3, 0.4) is 0 Å². The highest BCUT2D eigenvalue weighted by Gasteiger charge is 2.64. The first-order valence-electron chi connectivity index (χ1n) is 13.7. The highest BCUT2D eigenvalue weighted by atomic mass is 16.6. The number of carbonyl (C=O) groups excluding carboxylic acids is 5. The van der Waals surface area contributed by atoms with Crippen LogP contribution in [0.1, 0.15) is 81.6 Å². The summed E-state index contributed by atoms with van der Waals surface area (Å²) in [6, 6.07) is 0. The minimum absolute atomic E-state index is 0. The topological polar surface area (TPSA) is 163 Å². The van der Waals surface area contributed by atoms with Crippen molar-refractivity contribution in [3.05, 3.63) is 23.3 Å². The fraction of sp³-hybridized carbons (Fsp3) is 0.700. The van der Waals surface area contributed by atoms with Crippen LogP contribution < -0.4 is 0 Å². The van der Waals surface area contributed by atoms with Gasteiger partial charge >= 0.3 is 29.8 Å². The molecule has 230 valence electrons. The molecule has 41 heavy (non-hydrogen) atoms. The van der Waals surface area contributed by atoms with Gasteiger partial charge in [0, 0.05) is 41.0 Å². The van der Waals surface area contributed by atoms with Crippen LogP contribution in [0.5, 0.6) is 0 Å². The van der Waals surface area contributed by atoms with Gasteiger partial charge in [0.2, 0.25) is 0 Å². The average Bonchev–Trinajstić information content (AvgIpc) is 2.78. The second-order valence-corrected chi connectivity index (χ2v) is 12.1. The standard InChI is InChI=1S/C30H42O10.H2O/c1-14-22-11-21-12-23(36-16(3)31)15(2)26(29(21,8)9)27(39-19(6)34)28(40-20(7)35)30(22,10)25(38-18(5)33)13-24(14)37-17(4)32;/h21-25,27-28H,1,11-13H2,2-10H3;1H2/t21-,22-,23+,24+,25+,27-,28+,30+;/m1./s1. The van der Waals surface area contributed by atoms with E-state index in [2.05, 4.69) is 6.58 Å². The molecule has 0 radical (unpaired) electrons. The third kappa shape index (κ3) is 6.50. The molecule has 2 bridgehead atoms. The molecule has 0 amide bonds. The maximum Gasteiger partial charge on any atom is 0.303 e. The molecule has 3 aliphatic rings. The molecule has 2 saturated carbocycles. The lowest BCUT2D eigenvalue weighted by atomic mass is 9.49. The van der Waals surface area contributed by atoms with E-state index in [0.29, 0.717) is 24.0 Å². The molecular weight excluding hydrogens is 536 g/mol. The molecule has 2 N–H and O–H groups in total. The predicted molar refractivity (Wildman–Crippen MR) is 146 cm³/mol. The quantitative estimate of drug-likeness (QED) is 0.268. The summed E-state index contributed by atoms with van der Waals surface area (Å²) in [6.45, 7) is 18.5. The van der Waals surface area contributed by atoms with Crippen molar-refractivity contribution >= 4 is 29.8 Å². The molecule has 0 aromatic heterocycles. The zero-order chi connectivity index (χ0) is 30.3. The Balaban J connectivity index is 0.00000588. The molecule has 0 saturated heterocycles. The van der Waals surface area contributed by atoms with E-state index < -0.39 is 77.1 Å². The molecule has 0 heterocycles. The van der Waals surface area contributed by atoms with Crippen molar-refractivity contribution < 1.29 is 53.1 Å². The predicted octanol–water partition coefficient (Wildman–Crippen LogP) is 3.17. The molecule has 3 aliphatic carbocycles. The Labute approximate surface area is 241 Å². The van der Waals surface area contributed by atoms with Crippen LogP contribution in [0.25, 0.3) is 0 Å². The normalized spacial score (nSPS) is 34.0. The monoisotopic (exact) mass is 580 g/mol. The van der Waals surface area contributed by atoms with Crippen LogP contribution in [0.15, 0.2) is 23.3 Å². The SMILES string of the molecule is C=C1[C@@H](OC(C)=O)C[C@H](OC(C)=O)[C@]2(C)[C@@H]1C[C@@H]1C[C@H](OC(C)=O)C(C)=C([C@@H](OC(C)=O)[C@@H]2OC(C)=O)C1(C)C.O. The first kappa shape index (κ1) is 34.0. The lowest BCUT2D eigenvalue weighted by molar-refractivity contribution is -0.212. The summed E-state index contributed by atoms with van der Waals surface area (Å²) in [5, 5.41) is 0. The Morgan fingerprint density at radius 2 is 1.20 bits per heavy atom. The Morgan fingerprint density at radius 1 is 0.707 bits per heavy atom. The Kier molecular flexibility index (Phi) is 10.2. The van der Waals surface area contributed by atoms with Gasteiger partial charge in [-0.1, -0.05) is 27.4 Å². The van der Waals surface area contributed by atoms with Crippen LogP contribution in [-0.4, -0.2) is 65.8 Å². The number of rotatable bonds is 5. The molecule has 0 spiro atoms. The van der Waals surface area contributed by atoms with Gasteiger partial charge < -0.3 is 29.2 Å². The zero-order valence-electron chi connectivity index (χ0n) is 25.5. The van der Waals surface area contributed by atoms with E-state index in [0.717, 1.165) is 5.57 Å². The largest absolute Gasteiger partial charge is 0.462 e. The molecule has 11 nitrogen and oxygen atoms in total. The van der Waals surface area contributed by atoms with Gasteiger partial charge in [-0.3, -0.25) is 24.0 Å². The Hall–Kier alpha value is -3.21. The third-order valence-corrected chi connectivity index (χ3v) is 9.06. The van der Waals surface area contributed by atoms with E-state index in [-0.39, 0.29) is 17.8 Å². The molecule has 0 aromatic rings. The van der Waals surface area contributed by atoms with E-state index in [4.69, 9.17) is 23.7 Å². The number of hydrogen-bond acceptors (Lipinski definition) is 10. The summed E-state index contributed by atoms with van der Waals surface area (Å²) in [5.41, 5.74) is 0.296. The summed E-state index contributed by atoms with van der Waals surface area (Å²) in [5.74, 6) is -3.35. The van der Waals surface area contributed by atoms with Gasteiger partial charge in [0.15, 0.2) is 12.2 Å². The van der Waals surface area contributed by atoms with E-state index >= 15 is 0 Å². The summed E-state index contributed by atoms with van der Waals surface area (Å²) < 4.78 is 29.3. The minimum Gasteiger partial charge on any atom is -0.462 e. The number of esters is 5. The minimum atomic E-state index is -1.13. The van der Waals surface area contributed by atoms with Crippen molar-refractivity contribution in [2.24, 2.45) is 22.7 Å².